The molecule has 0 bridgehead atoms. The van der Waals surface area contributed by atoms with E-state index in [0.717, 1.165) is 12.2 Å². The zero-order valence-electron chi connectivity index (χ0n) is 8.97. The van der Waals surface area contributed by atoms with Crippen LogP contribution in [0.15, 0.2) is 54.6 Å². The molecule has 3 rings (SSSR count). The van der Waals surface area contributed by atoms with Crippen LogP contribution in [0.2, 0.25) is 0 Å². The van der Waals surface area contributed by atoms with Crippen LogP contribution in [0.25, 0.3) is 0 Å². The minimum Gasteiger partial charge on any atom is -0.486 e. The molecule has 0 aliphatic carbocycles. The second-order valence-electron chi connectivity index (χ2n) is 4.08. The van der Waals surface area contributed by atoms with E-state index in [1.807, 2.05) is 24.8 Å². The Kier molecular flexibility index (Phi) is 2.37. The Morgan fingerprint density at radius 3 is 2.50 bits per heavy atom. The van der Waals surface area contributed by atoms with Crippen LogP contribution in [0.4, 0.5) is 0 Å². The van der Waals surface area contributed by atoms with E-state index < -0.39 is 0 Å². The summed E-state index contributed by atoms with van der Waals surface area (Å²) in [5.74, 6) is 1.37. The minimum atomic E-state index is 0.371. The minimum absolute atomic E-state index is 0.371. The van der Waals surface area contributed by atoms with E-state index in [0.29, 0.717) is 5.92 Å². The molecule has 0 saturated carbocycles. The van der Waals surface area contributed by atoms with Gasteiger partial charge in [-0.3, -0.25) is 0 Å². The number of ether oxygens (including phenoxy) is 1. The van der Waals surface area contributed by atoms with Crippen molar-refractivity contribution < 1.29 is 4.74 Å². The molecule has 0 N–H and O–H groups in total. The van der Waals surface area contributed by atoms with E-state index in [-0.39, 0.29) is 0 Å². The molecule has 1 aliphatic heterocycles. The molecule has 1 heterocycles. The number of hydrogen-bond donors (Lipinski definition) is 0. The molecular formula is C15H13O. The van der Waals surface area contributed by atoms with Gasteiger partial charge in [0.25, 0.3) is 0 Å². The smallest absolute Gasteiger partial charge is 0.143 e. The zero-order valence-corrected chi connectivity index (χ0v) is 8.97. The Balaban J connectivity index is 1.89. The fourth-order valence-corrected chi connectivity index (χ4v) is 2.12. The van der Waals surface area contributed by atoms with Crippen molar-refractivity contribution in [1.29, 1.82) is 0 Å². The van der Waals surface area contributed by atoms with Crippen LogP contribution < -0.4 is 4.74 Å². The van der Waals surface area contributed by atoms with Gasteiger partial charge in [0.1, 0.15) is 12.4 Å². The molecule has 0 aromatic heterocycles. The van der Waals surface area contributed by atoms with E-state index in [9.17, 15) is 0 Å². The summed E-state index contributed by atoms with van der Waals surface area (Å²) < 4.78 is 5.67. The second kappa shape index (κ2) is 4.01. The summed E-state index contributed by atoms with van der Waals surface area (Å²) in [5, 5.41) is 0. The van der Waals surface area contributed by atoms with Gasteiger partial charge in [-0.1, -0.05) is 48.5 Å². The summed E-state index contributed by atoms with van der Waals surface area (Å²) in [5.41, 5.74) is 2.61. The van der Waals surface area contributed by atoms with Crippen LogP contribution in [0, 0.1) is 6.61 Å². The fourth-order valence-electron chi connectivity index (χ4n) is 2.12. The molecule has 1 radical (unpaired) electrons. The van der Waals surface area contributed by atoms with Crippen molar-refractivity contribution in [3.05, 3.63) is 72.3 Å². The summed E-state index contributed by atoms with van der Waals surface area (Å²) in [6.45, 7) is 1.94. The van der Waals surface area contributed by atoms with Crippen LogP contribution in [0.3, 0.4) is 0 Å². The highest BCUT2D eigenvalue weighted by Crippen LogP contribution is 2.34. The molecule has 1 unspecified atom stereocenters. The molecule has 1 aliphatic rings. The average Bonchev–Trinajstić information content (AvgIpc) is 2.39. The van der Waals surface area contributed by atoms with Gasteiger partial charge in [0, 0.05) is 5.92 Å². The molecule has 1 heteroatoms. The standard InChI is InChI=1S/C15H13O/c1-2-6-12(7-3-1)14-10-13-8-4-5-9-15(13)16-11-14/h1-9,11,14H,10H2. The fraction of sp³-hybridized carbons (Fsp3) is 0.133. The van der Waals surface area contributed by atoms with Gasteiger partial charge >= 0.3 is 0 Å². The maximum absolute atomic E-state index is 5.67. The number of para-hydroxylation sites is 1. The second-order valence-corrected chi connectivity index (χ2v) is 4.08. The van der Waals surface area contributed by atoms with E-state index in [2.05, 4.69) is 36.4 Å². The summed E-state index contributed by atoms with van der Waals surface area (Å²) in [7, 11) is 0. The number of rotatable bonds is 1. The van der Waals surface area contributed by atoms with Gasteiger partial charge in [0.05, 0.1) is 0 Å². The molecular weight excluding hydrogens is 196 g/mol. The molecule has 16 heavy (non-hydrogen) atoms. The monoisotopic (exact) mass is 209 g/mol. The lowest BCUT2D eigenvalue weighted by molar-refractivity contribution is 0.341. The van der Waals surface area contributed by atoms with Gasteiger partial charge in [-0.05, 0) is 23.6 Å². The highest BCUT2D eigenvalue weighted by Gasteiger charge is 2.21. The third kappa shape index (κ3) is 1.69. The Bertz CT molecular complexity index is 476. The Hall–Kier alpha value is -1.76. The SMILES string of the molecule is [CH]1Oc2ccccc2CC1c1ccccc1. The van der Waals surface area contributed by atoms with Crippen molar-refractivity contribution in [2.24, 2.45) is 0 Å². The first-order valence-corrected chi connectivity index (χ1v) is 5.56. The quantitative estimate of drug-likeness (QED) is 0.697. The molecule has 0 saturated heterocycles. The Morgan fingerprint density at radius 2 is 1.62 bits per heavy atom. The molecule has 0 fully saturated rings. The molecule has 0 spiro atoms. The summed E-state index contributed by atoms with van der Waals surface area (Å²) >= 11 is 0. The van der Waals surface area contributed by atoms with Gasteiger partial charge < -0.3 is 4.74 Å². The van der Waals surface area contributed by atoms with Crippen molar-refractivity contribution in [3.63, 3.8) is 0 Å². The molecule has 79 valence electrons. The number of benzene rings is 2. The van der Waals surface area contributed by atoms with Crippen molar-refractivity contribution in [2.45, 2.75) is 12.3 Å². The number of hydrogen-bond acceptors (Lipinski definition) is 1. The summed E-state index contributed by atoms with van der Waals surface area (Å²) in [6.07, 6.45) is 1.03. The molecule has 2 aromatic rings. The van der Waals surface area contributed by atoms with Gasteiger partial charge in [-0.25, -0.2) is 0 Å². The molecule has 0 amide bonds. The summed E-state index contributed by atoms with van der Waals surface area (Å²) in [6, 6.07) is 18.7. The first-order valence-electron chi connectivity index (χ1n) is 5.56. The van der Waals surface area contributed by atoms with Crippen molar-refractivity contribution in [3.8, 4) is 5.75 Å². The van der Waals surface area contributed by atoms with Crippen molar-refractivity contribution in [1.82, 2.24) is 0 Å². The third-order valence-electron chi connectivity index (χ3n) is 3.00. The molecule has 1 atom stereocenters. The highest BCUT2D eigenvalue weighted by atomic mass is 16.5. The average molecular weight is 209 g/mol. The lowest BCUT2D eigenvalue weighted by Gasteiger charge is -2.24. The van der Waals surface area contributed by atoms with Crippen molar-refractivity contribution >= 4 is 0 Å². The highest BCUT2D eigenvalue weighted by molar-refractivity contribution is 5.39. The van der Waals surface area contributed by atoms with E-state index in [1.165, 1.54) is 11.1 Å². The topological polar surface area (TPSA) is 9.23 Å². The lowest BCUT2D eigenvalue weighted by Crippen LogP contribution is -2.14. The molecule has 1 nitrogen and oxygen atoms in total. The van der Waals surface area contributed by atoms with Crippen LogP contribution in [0.5, 0.6) is 5.75 Å². The van der Waals surface area contributed by atoms with E-state index in [1.54, 1.807) is 0 Å². The van der Waals surface area contributed by atoms with E-state index >= 15 is 0 Å². The van der Waals surface area contributed by atoms with Gasteiger partial charge in [-0.15, -0.1) is 0 Å². The normalized spacial score (nSPS) is 18.6. The maximum Gasteiger partial charge on any atom is 0.143 e. The number of fused-ring (bicyclic) bond motifs is 1. The molecule has 2 aromatic carbocycles. The first kappa shape index (κ1) is 9.46. The Morgan fingerprint density at radius 1 is 0.875 bits per heavy atom. The van der Waals surface area contributed by atoms with Gasteiger partial charge in [0.2, 0.25) is 0 Å². The summed E-state index contributed by atoms with van der Waals surface area (Å²) in [4.78, 5) is 0. The van der Waals surface area contributed by atoms with Gasteiger partial charge in [0.15, 0.2) is 0 Å². The Labute approximate surface area is 95.7 Å². The van der Waals surface area contributed by atoms with Crippen LogP contribution >= 0.6 is 0 Å². The van der Waals surface area contributed by atoms with Crippen LogP contribution in [0.1, 0.15) is 17.0 Å². The lowest BCUT2D eigenvalue weighted by atomic mass is 9.90. The largest absolute Gasteiger partial charge is 0.486 e. The first-order chi connectivity index (χ1) is 7.93. The van der Waals surface area contributed by atoms with Crippen LogP contribution in [-0.4, -0.2) is 0 Å². The van der Waals surface area contributed by atoms with E-state index in [4.69, 9.17) is 4.74 Å². The predicted molar refractivity (Wildman–Crippen MR) is 64.3 cm³/mol. The third-order valence-corrected chi connectivity index (χ3v) is 3.00. The van der Waals surface area contributed by atoms with Crippen LogP contribution in [-0.2, 0) is 6.42 Å². The predicted octanol–water partition coefficient (Wildman–Crippen LogP) is 3.57. The van der Waals surface area contributed by atoms with Crippen molar-refractivity contribution in [2.75, 3.05) is 0 Å². The van der Waals surface area contributed by atoms with Gasteiger partial charge in [-0.2, -0.15) is 0 Å². The zero-order chi connectivity index (χ0) is 10.8. The maximum atomic E-state index is 5.67.